The zero-order valence-electron chi connectivity index (χ0n) is 27.7. The summed E-state index contributed by atoms with van der Waals surface area (Å²) in [7, 11) is 0. The molecule has 0 radical (unpaired) electrons. The van der Waals surface area contributed by atoms with Crippen molar-refractivity contribution < 1.29 is 14.4 Å². The van der Waals surface area contributed by atoms with Crippen LogP contribution >= 0.6 is 0 Å². The number of benzene rings is 4. The van der Waals surface area contributed by atoms with Gasteiger partial charge in [0.25, 0.3) is 0 Å². The molecule has 11 nitrogen and oxygen atoms in total. The summed E-state index contributed by atoms with van der Waals surface area (Å²) in [5, 5.41) is 20.9. The Morgan fingerprint density at radius 1 is 0.857 bits per heavy atom. The Morgan fingerprint density at radius 2 is 1.55 bits per heavy atom. The van der Waals surface area contributed by atoms with Gasteiger partial charge in [0.05, 0.1) is 4.87 Å². The number of hydrazone groups is 1. The number of hydrogen-bond donors (Lipinski definition) is 1. The highest BCUT2D eigenvalue weighted by molar-refractivity contribution is 5.89. The monoisotopic (exact) mass is 657 g/mol. The highest BCUT2D eigenvalue weighted by Crippen LogP contribution is 2.30. The normalized spacial score (nSPS) is 14.1. The molecule has 1 aliphatic heterocycles. The lowest BCUT2D eigenvalue weighted by molar-refractivity contribution is -0.714. The summed E-state index contributed by atoms with van der Waals surface area (Å²) in [5.74, 6) is 0.539. The summed E-state index contributed by atoms with van der Waals surface area (Å²) in [5.41, 5.74) is 6.80. The smallest absolute Gasteiger partial charge is 0.410 e. The lowest BCUT2D eigenvalue weighted by atomic mass is 9.95. The number of hydrogen-bond acceptors (Lipinski definition) is 7. The number of rotatable bonds is 15. The number of nitroso groups, excluding NO2 is 1. The SMILES string of the molecule is CCCCC1=NN(CCCN(Cc2ccccc2)C(=O)OCc2ccccc2)[N+](=O)C1Cc1ccc(-c2ccccc2-c2nn[nH]n2)cc1. The van der Waals surface area contributed by atoms with Crippen LogP contribution in [0.15, 0.2) is 114 Å². The molecule has 0 bridgehead atoms. The van der Waals surface area contributed by atoms with Crippen LogP contribution in [0.5, 0.6) is 0 Å². The number of tetrazole rings is 1. The summed E-state index contributed by atoms with van der Waals surface area (Å²) in [6, 6.07) is 35.3. The second kappa shape index (κ2) is 16.4. The van der Waals surface area contributed by atoms with Crippen molar-refractivity contribution in [3.8, 4) is 22.5 Å². The Balaban J connectivity index is 1.10. The number of nitrogens with zero attached hydrogens (tertiary/aromatic N) is 7. The number of carbonyl (C=O) groups is 1. The van der Waals surface area contributed by atoms with Crippen molar-refractivity contribution in [2.45, 2.75) is 58.2 Å². The van der Waals surface area contributed by atoms with Crippen molar-refractivity contribution in [1.82, 2.24) is 30.6 Å². The van der Waals surface area contributed by atoms with Crippen LogP contribution in [0, 0.1) is 4.91 Å². The van der Waals surface area contributed by atoms with Gasteiger partial charge in [0.2, 0.25) is 17.6 Å². The first-order chi connectivity index (χ1) is 24.1. The summed E-state index contributed by atoms with van der Waals surface area (Å²) in [4.78, 5) is 29.6. The molecular formula is C38H41N8O3+. The Bertz CT molecular complexity index is 1830. The fraction of sp³-hybridized carbons (Fsp3) is 0.289. The number of aromatic nitrogens is 4. The van der Waals surface area contributed by atoms with E-state index in [0.29, 0.717) is 38.3 Å². The van der Waals surface area contributed by atoms with Gasteiger partial charge in [0.15, 0.2) is 0 Å². The molecule has 0 saturated carbocycles. The molecule has 0 fully saturated rings. The molecule has 0 spiro atoms. The number of nitrogens with one attached hydrogen (secondary N) is 1. The molecule has 49 heavy (non-hydrogen) atoms. The molecule has 2 heterocycles. The van der Waals surface area contributed by atoms with E-state index >= 15 is 0 Å². The van der Waals surface area contributed by atoms with E-state index in [2.05, 4.69) is 51.8 Å². The van der Waals surface area contributed by atoms with E-state index in [-0.39, 0.29) is 18.7 Å². The lowest BCUT2D eigenvalue weighted by Gasteiger charge is -2.22. The van der Waals surface area contributed by atoms with E-state index in [0.717, 1.165) is 63.2 Å². The van der Waals surface area contributed by atoms with E-state index in [9.17, 15) is 9.70 Å². The predicted octanol–water partition coefficient (Wildman–Crippen LogP) is 7.23. The molecule has 1 N–H and O–H groups in total. The van der Waals surface area contributed by atoms with Gasteiger partial charge in [0, 0.05) is 36.6 Å². The van der Waals surface area contributed by atoms with Gasteiger partial charge < -0.3 is 9.64 Å². The predicted molar refractivity (Wildman–Crippen MR) is 188 cm³/mol. The van der Waals surface area contributed by atoms with E-state index in [1.54, 1.807) is 4.90 Å². The van der Waals surface area contributed by atoms with Crippen molar-refractivity contribution in [2.24, 2.45) is 5.10 Å². The van der Waals surface area contributed by atoms with Gasteiger partial charge in [0.1, 0.15) is 13.2 Å². The minimum Gasteiger partial charge on any atom is -0.445 e. The zero-order valence-corrected chi connectivity index (χ0v) is 27.7. The highest BCUT2D eigenvalue weighted by atomic mass is 16.6. The zero-order chi connectivity index (χ0) is 33.8. The number of hydrazine groups is 1. The number of carbonyl (C=O) groups excluding carboxylic acids is 1. The summed E-state index contributed by atoms with van der Waals surface area (Å²) < 4.78 is 5.68. The van der Waals surface area contributed by atoms with E-state index in [1.165, 1.54) is 5.12 Å². The van der Waals surface area contributed by atoms with Crippen LogP contribution in [0.1, 0.15) is 49.3 Å². The third-order valence-corrected chi connectivity index (χ3v) is 8.58. The number of H-pyrrole nitrogens is 1. The first-order valence-electron chi connectivity index (χ1n) is 16.8. The summed E-state index contributed by atoms with van der Waals surface area (Å²) in [6.45, 7) is 3.56. The molecule has 1 atom stereocenters. The van der Waals surface area contributed by atoms with Crippen molar-refractivity contribution in [1.29, 1.82) is 0 Å². The van der Waals surface area contributed by atoms with Crippen LogP contribution in [0.3, 0.4) is 0 Å². The van der Waals surface area contributed by atoms with Gasteiger partial charge in [-0.05, 0) is 55.9 Å². The van der Waals surface area contributed by atoms with Crippen LogP contribution in [-0.2, 0) is 24.3 Å². The van der Waals surface area contributed by atoms with Crippen LogP contribution < -0.4 is 0 Å². The summed E-state index contributed by atoms with van der Waals surface area (Å²) >= 11 is 0. The average molecular weight is 658 g/mol. The number of aromatic amines is 1. The van der Waals surface area contributed by atoms with Gasteiger partial charge in [-0.3, -0.25) is 0 Å². The fourth-order valence-electron chi connectivity index (χ4n) is 5.97. The Kier molecular flexibility index (Phi) is 11.1. The van der Waals surface area contributed by atoms with Gasteiger partial charge >= 0.3 is 6.09 Å². The van der Waals surface area contributed by atoms with Crippen molar-refractivity contribution in [3.05, 3.63) is 131 Å². The fourth-order valence-corrected chi connectivity index (χ4v) is 5.97. The molecule has 1 aliphatic rings. The van der Waals surface area contributed by atoms with E-state index in [1.807, 2.05) is 84.9 Å². The number of unbranched alkanes of at least 4 members (excludes halogenated alkanes) is 1. The highest BCUT2D eigenvalue weighted by Gasteiger charge is 2.43. The Labute approximate surface area is 286 Å². The molecule has 1 aromatic heterocycles. The van der Waals surface area contributed by atoms with E-state index in [4.69, 9.17) is 9.84 Å². The van der Waals surface area contributed by atoms with Gasteiger partial charge in [-0.1, -0.05) is 123 Å². The second-order valence-electron chi connectivity index (χ2n) is 12.1. The first-order valence-corrected chi connectivity index (χ1v) is 16.8. The molecule has 250 valence electrons. The Hall–Kier alpha value is -5.71. The van der Waals surface area contributed by atoms with Crippen molar-refractivity contribution in [3.63, 3.8) is 0 Å². The third-order valence-electron chi connectivity index (χ3n) is 8.58. The minimum atomic E-state index is -0.389. The molecular weight excluding hydrogens is 616 g/mol. The minimum absolute atomic E-state index is 0.199. The van der Waals surface area contributed by atoms with Crippen LogP contribution in [-0.4, -0.2) is 66.4 Å². The molecule has 1 amide bonds. The second-order valence-corrected chi connectivity index (χ2v) is 12.1. The largest absolute Gasteiger partial charge is 0.445 e. The average Bonchev–Trinajstić information content (AvgIpc) is 3.79. The molecule has 0 aliphatic carbocycles. The number of amides is 1. The van der Waals surface area contributed by atoms with Crippen molar-refractivity contribution in [2.75, 3.05) is 13.1 Å². The molecule has 4 aromatic carbocycles. The molecule has 1 unspecified atom stereocenters. The number of ether oxygens (including phenoxy) is 1. The molecule has 6 rings (SSSR count). The van der Waals surface area contributed by atoms with Crippen LogP contribution in [0.25, 0.3) is 22.5 Å². The molecule has 5 aromatic rings. The third kappa shape index (κ3) is 8.61. The van der Waals surface area contributed by atoms with Gasteiger partial charge in [-0.25, -0.2) is 4.79 Å². The maximum atomic E-state index is 13.7. The van der Waals surface area contributed by atoms with E-state index < -0.39 is 0 Å². The van der Waals surface area contributed by atoms with Crippen LogP contribution in [0.4, 0.5) is 4.79 Å². The van der Waals surface area contributed by atoms with Gasteiger partial charge in [-0.15, -0.1) is 10.2 Å². The Morgan fingerprint density at radius 3 is 2.24 bits per heavy atom. The summed E-state index contributed by atoms with van der Waals surface area (Å²) in [6.07, 6.45) is 3.44. The maximum absolute atomic E-state index is 13.7. The maximum Gasteiger partial charge on any atom is 0.410 e. The van der Waals surface area contributed by atoms with Crippen LogP contribution in [0.2, 0.25) is 0 Å². The lowest BCUT2D eigenvalue weighted by Crippen LogP contribution is -2.37. The quantitative estimate of drug-likeness (QED) is 0.118. The topological polar surface area (TPSA) is 120 Å². The first kappa shape index (κ1) is 33.2. The van der Waals surface area contributed by atoms with Gasteiger partial charge in [-0.2, -0.15) is 5.21 Å². The van der Waals surface area contributed by atoms with Crippen molar-refractivity contribution >= 4 is 11.8 Å². The standard InChI is InChI=1S/C38H41N8O3/c1-2-3-19-35-36(26-29-20-22-32(23-21-29)33-17-10-11-18-34(33)37-39-42-43-40-37)46(48)45(41-35)25-12-24-44(27-30-13-6-4-7-14-30)38(47)49-28-31-15-8-5-9-16-31/h4-11,13-18,20-23,36H,2-3,12,19,24-28H2,1H3,(H,39,40,42,43)/q+1. The molecule has 0 saturated heterocycles. The molecule has 11 heteroatoms.